The molecule has 162 valence electrons. The van der Waals surface area contributed by atoms with Gasteiger partial charge in [-0.05, 0) is 38.7 Å². The highest BCUT2D eigenvalue weighted by molar-refractivity contribution is 7.13. The molecule has 3 aromatic heterocycles. The largest absolute Gasteiger partial charge is 0.359 e. The van der Waals surface area contributed by atoms with E-state index in [9.17, 15) is 4.79 Å². The standard InChI is InChI=1S/C23H27N5O2S/c1-15-17(22(29)27-21-8-5-11-30-21)12-20(28(15)16-6-3-2-4-7-16)19-14-31-23(26-19)18-13-24-9-10-25-18/h9-10,12-14,16,21H,2-8,11H2,1H3,(H,27,29). The SMILES string of the molecule is Cc1c(C(=O)NC2CCCO2)cc(-c2csc(-c3cnccn3)n2)n1C1CCCCC1. The van der Waals surface area contributed by atoms with Crippen LogP contribution in [0.25, 0.3) is 22.1 Å². The molecule has 2 fully saturated rings. The van der Waals surface area contributed by atoms with Crippen molar-refractivity contribution in [2.24, 2.45) is 0 Å². The Kier molecular flexibility index (Phi) is 5.82. The summed E-state index contributed by atoms with van der Waals surface area (Å²) in [5, 5.41) is 5.94. The van der Waals surface area contributed by atoms with Crippen LogP contribution < -0.4 is 5.32 Å². The summed E-state index contributed by atoms with van der Waals surface area (Å²) in [4.78, 5) is 26.5. The summed E-state index contributed by atoms with van der Waals surface area (Å²) >= 11 is 1.56. The van der Waals surface area contributed by atoms with Crippen LogP contribution in [0, 0.1) is 6.92 Å². The quantitative estimate of drug-likeness (QED) is 0.623. The lowest BCUT2D eigenvalue weighted by molar-refractivity contribution is 0.0639. The summed E-state index contributed by atoms with van der Waals surface area (Å²) in [6.45, 7) is 2.76. The van der Waals surface area contributed by atoms with Gasteiger partial charge in [-0.3, -0.25) is 14.8 Å². The molecular weight excluding hydrogens is 410 g/mol. The predicted molar refractivity (Wildman–Crippen MR) is 120 cm³/mol. The van der Waals surface area contributed by atoms with Gasteiger partial charge in [0.2, 0.25) is 0 Å². The maximum absolute atomic E-state index is 13.1. The molecule has 0 radical (unpaired) electrons. The number of nitrogens with one attached hydrogen (secondary N) is 1. The summed E-state index contributed by atoms with van der Waals surface area (Å²) in [7, 11) is 0. The first-order valence-corrected chi connectivity index (χ1v) is 12.0. The first-order valence-electron chi connectivity index (χ1n) is 11.1. The van der Waals surface area contributed by atoms with E-state index >= 15 is 0 Å². The lowest BCUT2D eigenvalue weighted by Gasteiger charge is -2.27. The zero-order valence-electron chi connectivity index (χ0n) is 17.7. The van der Waals surface area contributed by atoms with Crippen LogP contribution in [0.3, 0.4) is 0 Å². The molecular formula is C23H27N5O2S. The molecule has 7 nitrogen and oxygen atoms in total. The molecule has 31 heavy (non-hydrogen) atoms. The Morgan fingerprint density at radius 3 is 2.77 bits per heavy atom. The minimum Gasteiger partial charge on any atom is -0.359 e. The molecule has 1 saturated heterocycles. The van der Waals surface area contributed by atoms with Crippen molar-refractivity contribution < 1.29 is 9.53 Å². The maximum atomic E-state index is 13.1. The normalized spacial score (nSPS) is 19.6. The van der Waals surface area contributed by atoms with Crippen molar-refractivity contribution in [1.29, 1.82) is 0 Å². The number of hydrogen-bond donors (Lipinski definition) is 1. The number of carbonyl (C=O) groups is 1. The molecule has 1 atom stereocenters. The van der Waals surface area contributed by atoms with Gasteiger partial charge in [-0.1, -0.05) is 19.3 Å². The first-order chi connectivity index (χ1) is 15.2. The van der Waals surface area contributed by atoms with E-state index in [1.54, 1.807) is 29.9 Å². The molecule has 1 N–H and O–H groups in total. The fraction of sp³-hybridized carbons (Fsp3) is 0.478. The van der Waals surface area contributed by atoms with E-state index in [0.717, 1.165) is 53.5 Å². The first kappa shape index (κ1) is 20.3. The Hall–Kier alpha value is -2.58. The van der Waals surface area contributed by atoms with Gasteiger partial charge >= 0.3 is 0 Å². The number of hydrogen-bond acceptors (Lipinski definition) is 6. The number of amides is 1. The summed E-state index contributed by atoms with van der Waals surface area (Å²) < 4.78 is 7.96. The van der Waals surface area contributed by atoms with Crippen molar-refractivity contribution in [1.82, 2.24) is 24.8 Å². The van der Waals surface area contributed by atoms with E-state index < -0.39 is 0 Å². The zero-order valence-corrected chi connectivity index (χ0v) is 18.5. The molecule has 3 aromatic rings. The smallest absolute Gasteiger partial charge is 0.255 e. The van der Waals surface area contributed by atoms with Crippen molar-refractivity contribution in [2.45, 2.75) is 64.1 Å². The summed E-state index contributed by atoms with van der Waals surface area (Å²) in [6.07, 6.45) is 12.7. The molecule has 1 aliphatic carbocycles. The molecule has 1 saturated carbocycles. The Morgan fingerprint density at radius 1 is 1.16 bits per heavy atom. The van der Waals surface area contributed by atoms with E-state index in [-0.39, 0.29) is 12.1 Å². The van der Waals surface area contributed by atoms with Crippen LogP contribution in [-0.2, 0) is 4.74 Å². The average Bonchev–Trinajstić information content (AvgIpc) is 3.55. The molecule has 2 aliphatic rings. The van der Waals surface area contributed by atoms with Crippen molar-refractivity contribution in [3.05, 3.63) is 41.3 Å². The highest BCUT2D eigenvalue weighted by atomic mass is 32.1. The van der Waals surface area contributed by atoms with E-state index in [2.05, 4.69) is 32.2 Å². The third-order valence-corrected chi connectivity index (χ3v) is 7.11. The van der Waals surface area contributed by atoms with Gasteiger partial charge in [0.05, 0.1) is 23.1 Å². The van der Waals surface area contributed by atoms with Crippen LogP contribution >= 0.6 is 11.3 Å². The van der Waals surface area contributed by atoms with E-state index in [4.69, 9.17) is 9.72 Å². The number of aromatic nitrogens is 4. The van der Waals surface area contributed by atoms with Gasteiger partial charge in [-0.25, -0.2) is 4.98 Å². The highest BCUT2D eigenvalue weighted by Gasteiger charge is 2.27. The zero-order chi connectivity index (χ0) is 21.2. The fourth-order valence-electron chi connectivity index (χ4n) is 4.69. The molecule has 5 rings (SSSR count). The van der Waals surface area contributed by atoms with E-state index in [1.165, 1.54) is 19.3 Å². The van der Waals surface area contributed by atoms with Crippen LogP contribution in [0.15, 0.2) is 30.0 Å². The number of rotatable bonds is 5. The van der Waals surface area contributed by atoms with Crippen LogP contribution in [0.1, 0.15) is 67.0 Å². The van der Waals surface area contributed by atoms with E-state index in [1.807, 2.05) is 6.07 Å². The van der Waals surface area contributed by atoms with Gasteiger partial charge in [0.15, 0.2) is 0 Å². The number of carbonyl (C=O) groups excluding carboxylic acids is 1. The second-order valence-corrected chi connectivity index (χ2v) is 9.15. The van der Waals surface area contributed by atoms with Crippen LogP contribution in [0.4, 0.5) is 0 Å². The van der Waals surface area contributed by atoms with Crippen molar-refractivity contribution in [3.63, 3.8) is 0 Å². The summed E-state index contributed by atoms with van der Waals surface area (Å²) in [5.41, 5.74) is 4.38. The monoisotopic (exact) mass is 437 g/mol. The fourth-order valence-corrected chi connectivity index (χ4v) is 5.47. The maximum Gasteiger partial charge on any atom is 0.255 e. The van der Waals surface area contributed by atoms with Crippen LogP contribution in [0.5, 0.6) is 0 Å². The van der Waals surface area contributed by atoms with Crippen molar-refractivity contribution in [3.8, 4) is 22.1 Å². The Balaban J connectivity index is 1.52. The summed E-state index contributed by atoms with van der Waals surface area (Å²) in [6, 6.07) is 2.40. The molecule has 1 amide bonds. The molecule has 0 aromatic carbocycles. The Morgan fingerprint density at radius 2 is 2.03 bits per heavy atom. The lowest BCUT2D eigenvalue weighted by atomic mass is 9.95. The van der Waals surface area contributed by atoms with Gasteiger partial charge in [0.25, 0.3) is 5.91 Å². The van der Waals surface area contributed by atoms with Gasteiger partial charge in [0.1, 0.15) is 16.9 Å². The van der Waals surface area contributed by atoms with Gasteiger partial charge in [-0.15, -0.1) is 11.3 Å². The average molecular weight is 438 g/mol. The molecule has 4 heterocycles. The molecule has 0 bridgehead atoms. The molecule has 8 heteroatoms. The number of ether oxygens (including phenoxy) is 1. The number of nitrogens with zero attached hydrogens (tertiary/aromatic N) is 4. The van der Waals surface area contributed by atoms with Gasteiger partial charge < -0.3 is 14.6 Å². The topological polar surface area (TPSA) is 81.9 Å². The minimum atomic E-state index is -0.184. The van der Waals surface area contributed by atoms with Crippen LogP contribution in [-0.4, -0.2) is 38.3 Å². The van der Waals surface area contributed by atoms with Crippen molar-refractivity contribution >= 4 is 17.2 Å². The third kappa shape index (κ3) is 4.14. The van der Waals surface area contributed by atoms with Crippen LogP contribution in [0.2, 0.25) is 0 Å². The van der Waals surface area contributed by atoms with E-state index in [0.29, 0.717) is 18.2 Å². The lowest BCUT2D eigenvalue weighted by Crippen LogP contribution is -2.34. The van der Waals surface area contributed by atoms with Crippen molar-refractivity contribution in [2.75, 3.05) is 6.61 Å². The molecule has 0 spiro atoms. The Bertz CT molecular complexity index is 1050. The molecule has 1 aliphatic heterocycles. The number of thiazole rings is 1. The third-order valence-electron chi connectivity index (χ3n) is 6.25. The summed E-state index contributed by atoms with van der Waals surface area (Å²) in [5.74, 6) is -0.0652. The van der Waals surface area contributed by atoms with Gasteiger partial charge in [0, 0.05) is 36.1 Å². The molecule has 1 unspecified atom stereocenters. The minimum absolute atomic E-state index is 0.0652. The predicted octanol–water partition coefficient (Wildman–Crippen LogP) is 4.75. The van der Waals surface area contributed by atoms with Gasteiger partial charge in [-0.2, -0.15) is 0 Å². The Labute approximate surface area is 185 Å². The highest BCUT2D eigenvalue weighted by Crippen LogP contribution is 2.37. The second kappa shape index (κ2) is 8.88. The second-order valence-electron chi connectivity index (χ2n) is 8.29.